The van der Waals surface area contributed by atoms with Gasteiger partial charge in [0.2, 0.25) is 0 Å². The predicted octanol–water partition coefficient (Wildman–Crippen LogP) is 3.03. The quantitative estimate of drug-likeness (QED) is 0.788. The molecule has 90 valence electrons. The van der Waals surface area contributed by atoms with Gasteiger partial charge in [-0.1, -0.05) is 6.92 Å². The molecular weight excluding hydrogens is 230 g/mol. The molecule has 3 rings (SSSR count). The molecule has 0 aliphatic carbocycles. The van der Waals surface area contributed by atoms with E-state index in [9.17, 15) is 0 Å². The van der Waals surface area contributed by atoms with Gasteiger partial charge in [0.05, 0.1) is 26.6 Å². The second-order valence-corrected chi connectivity index (χ2v) is 6.19. The van der Waals surface area contributed by atoms with Gasteiger partial charge in [0.1, 0.15) is 0 Å². The van der Waals surface area contributed by atoms with E-state index in [1.807, 2.05) is 6.92 Å². The monoisotopic (exact) mass is 247 g/mol. The molecule has 2 heterocycles. The fourth-order valence-electron chi connectivity index (χ4n) is 2.52. The highest BCUT2D eigenvalue weighted by atomic mass is 32.1. The van der Waals surface area contributed by atoms with Crippen molar-refractivity contribution in [1.82, 2.24) is 4.98 Å². The van der Waals surface area contributed by atoms with Crippen LogP contribution in [-0.2, 0) is 0 Å². The Balaban J connectivity index is 2.06. The Morgan fingerprint density at radius 2 is 2.29 bits per heavy atom. The molecule has 4 heteroatoms. The summed E-state index contributed by atoms with van der Waals surface area (Å²) in [5.41, 5.74) is 9.28. The van der Waals surface area contributed by atoms with Gasteiger partial charge in [-0.25, -0.2) is 4.98 Å². The number of nitrogens with two attached hydrogens (primary N) is 1. The molecule has 2 aromatic rings. The number of fused-ring (bicyclic) bond motifs is 1. The van der Waals surface area contributed by atoms with E-state index < -0.39 is 0 Å². The van der Waals surface area contributed by atoms with Gasteiger partial charge in [0.15, 0.2) is 0 Å². The Morgan fingerprint density at radius 3 is 3.00 bits per heavy atom. The van der Waals surface area contributed by atoms with Crippen LogP contribution in [0.15, 0.2) is 12.1 Å². The molecule has 0 bridgehead atoms. The lowest BCUT2D eigenvalue weighted by atomic mass is 10.2. The molecule has 2 N–H and O–H groups in total. The van der Waals surface area contributed by atoms with Gasteiger partial charge in [0, 0.05) is 13.1 Å². The van der Waals surface area contributed by atoms with Crippen molar-refractivity contribution in [1.29, 1.82) is 0 Å². The van der Waals surface area contributed by atoms with Crippen molar-refractivity contribution in [3.8, 4) is 0 Å². The zero-order valence-electron chi connectivity index (χ0n) is 10.2. The normalized spacial score (nSPS) is 20.4. The summed E-state index contributed by atoms with van der Waals surface area (Å²) in [7, 11) is 0. The summed E-state index contributed by atoms with van der Waals surface area (Å²) in [6, 6.07) is 4.21. The van der Waals surface area contributed by atoms with Crippen LogP contribution in [0.2, 0.25) is 0 Å². The van der Waals surface area contributed by atoms with E-state index in [0.29, 0.717) is 0 Å². The van der Waals surface area contributed by atoms with Gasteiger partial charge in [-0.2, -0.15) is 0 Å². The molecule has 1 aromatic carbocycles. The van der Waals surface area contributed by atoms with Gasteiger partial charge >= 0.3 is 0 Å². The number of anilines is 2. The fraction of sp³-hybridized carbons (Fsp3) is 0.462. The van der Waals surface area contributed by atoms with Crippen LogP contribution < -0.4 is 10.6 Å². The van der Waals surface area contributed by atoms with Crippen molar-refractivity contribution in [2.24, 2.45) is 5.92 Å². The SMILES string of the molecule is Cc1nc2cc(N3CCC(C)C3)c(N)cc2s1. The van der Waals surface area contributed by atoms with Crippen LogP contribution in [0.5, 0.6) is 0 Å². The van der Waals surface area contributed by atoms with Crippen LogP contribution in [0.4, 0.5) is 11.4 Å². The Kier molecular flexibility index (Phi) is 2.47. The molecule has 1 aromatic heterocycles. The Bertz CT molecular complexity index is 561. The second kappa shape index (κ2) is 3.88. The molecule has 17 heavy (non-hydrogen) atoms. The molecule has 1 atom stereocenters. The Morgan fingerprint density at radius 1 is 1.47 bits per heavy atom. The van der Waals surface area contributed by atoms with Crippen LogP contribution >= 0.6 is 11.3 Å². The van der Waals surface area contributed by atoms with Gasteiger partial charge in [-0.3, -0.25) is 0 Å². The van der Waals surface area contributed by atoms with E-state index in [4.69, 9.17) is 5.73 Å². The number of hydrogen-bond acceptors (Lipinski definition) is 4. The molecule has 0 saturated carbocycles. The minimum absolute atomic E-state index is 0.766. The van der Waals surface area contributed by atoms with E-state index in [-0.39, 0.29) is 0 Å². The van der Waals surface area contributed by atoms with Crippen molar-refractivity contribution in [2.45, 2.75) is 20.3 Å². The van der Waals surface area contributed by atoms with Crippen LogP contribution in [0, 0.1) is 12.8 Å². The maximum atomic E-state index is 6.16. The van der Waals surface area contributed by atoms with Gasteiger partial charge in [0.25, 0.3) is 0 Å². The third-order valence-electron chi connectivity index (χ3n) is 3.41. The first-order valence-corrected chi connectivity index (χ1v) is 6.87. The molecular formula is C13H17N3S. The first kappa shape index (κ1) is 10.8. The molecule has 1 saturated heterocycles. The summed E-state index contributed by atoms with van der Waals surface area (Å²) in [5.74, 6) is 0.766. The highest BCUT2D eigenvalue weighted by Gasteiger charge is 2.21. The summed E-state index contributed by atoms with van der Waals surface area (Å²) in [6.45, 7) is 6.55. The Hall–Kier alpha value is -1.29. The predicted molar refractivity (Wildman–Crippen MR) is 74.8 cm³/mol. The van der Waals surface area contributed by atoms with Crippen molar-refractivity contribution in [3.63, 3.8) is 0 Å². The second-order valence-electron chi connectivity index (χ2n) is 4.95. The number of nitrogen functional groups attached to an aromatic ring is 1. The molecule has 1 aliphatic heterocycles. The van der Waals surface area contributed by atoms with E-state index in [0.717, 1.165) is 40.9 Å². The number of aromatic nitrogens is 1. The molecule has 0 radical (unpaired) electrons. The van der Waals surface area contributed by atoms with E-state index in [2.05, 4.69) is 28.9 Å². The zero-order valence-corrected chi connectivity index (χ0v) is 11.0. The summed E-state index contributed by atoms with van der Waals surface area (Å²) in [6.07, 6.45) is 1.26. The first-order chi connectivity index (χ1) is 8.13. The van der Waals surface area contributed by atoms with Crippen LogP contribution in [0.3, 0.4) is 0 Å². The average molecular weight is 247 g/mol. The lowest BCUT2D eigenvalue weighted by Gasteiger charge is -2.20. The van der Waals surface area contributed by atoms with Gasteiger partial charge in [-0.15, -0.1) is 11.3 Å². The number of rotatable bonds is 1. The van der Waals surface area contributed by atoms with E-state index in [1.54, 1.807) is 11.3 Å². The van der Waals surface area contributed by atoms with Gasteiger partial charge in [-0.05, 0) is 31.4 Å². The molecule has 1 aliphatic rings. The minimum Gasteiger partial charge on any atom is -0.397 e. The lowest BCUT2D eigenvalue weighted by molar-refractivity contribution is 0.659. The molecule has 3 nitrogen and oxygen atoms in total. The third-order valence-corrected chi connectivity index (χ3v) is 4.34. The highest BCUT2D eigenvalue weighted by Crippen LogP contribution is 2.34. The van der Waals surface area contributed by atoms with Crippen LogP contribution in [0.1, 0.15) is 18.4 Å². The highest BCUT2D eigenvalue weighted by molar-refractivity contribution is 7.18. The number of hydrogen-bond donors (Lipinski definition) is 1. The maximum Gasteiger partial charge on any atom is 0.0907 e. The Labute approximate surface area is 105 Å². The number of aryl methyl sites for hydroxylation is 1. The average Bonchev–Trinajstić information content (AvgIpc) is 2.82. The lowest BCUT2D eigenvalue weighted by Crippen LogP contribution is -2.20. The summed E-state index contributed by atoms with van der Waals surface area (Å²) >= 11 is 1.71. The molecule has 0 spiro atoms. The largest absolute Gasteiger partial charge is 0.397 e. The number of benzene rings is 1. The molecule has 1 fully saturated rings. The number of nitrogens with zero attached hydrogens (tertiary/aromatic N) is 2. The topological polar surface area (TPSA) is 42.2 Å². The zero-order chi connectivity index (χ0) is 12.0. The van der Waals surface area contributed by atoms with E-state index >= 15 is 0 Å². The van der Waals surface area contributed by atoms with Crippen molar-refractivity contribution >= 4 is 32.9 Å². The third kappa shape index (κ3) is 1.86. The van der Waals surface area contributed by atoms with Crippen molar-refractivity contribution < 1.29 is 0 Å². The van der Waals surface area contributed by atoms with E-state index in [1.165, 1.54) is 11.1 Å². The summed E-state index contributed by atoms with van der Waals surface area (Å²) in [5, 5.41) is 1.10. The first-order valence-electron chi connectivity index (χ1n) is 6.05. The van der Waals surface area contributed by atoms with Crippen molar-refractivity contribution in [2.75, 3.05) is 23.7 Å². The van der Waals surface area contributed by atoms with Gasteiger partial charge < -0.3 is 10.6 Å². The summed E-state index contributed by atoms with van der Waals surface area (Å²) < 4.78 is 1.19. The van der Waals surface area contributed by atoms with Crippen LogP contribution in [-0.4, -0.2) is 18.1 Å². The number of thiazole rings is 1. The minimum atomic E-state index is 0.766. The van der Waals surface area contributed by atoms with Crippen LogP contribution in [0.25, 0.3) is 10.2 Å². The molecule has 1 unspecified atom stereocenters. The molecule has 0 amide bonds. The maximum absolute atomic E-state index is 6.16. The fourth-order valence-corrected chi connectivity index (χ4v) is 3.38. The standard InChI is InChI=1S/C13H17N3S/c1-8-3-4-16(7-8)12-6-11-13(5-10(12)14)17-9(2)15-11/h5-6,8H,3-4,7,14H2,1-2H3. The summed E-state index contributed by atoms with van der Waals surface area (Å²) in [4.78, 5) is 6.92. The van der Waals surface area contributed by atoms with Crippen molar-refractivity contribution in [3.05, 3.63) is 17.1 Å². The smallest absolute Gasteiger partial charge is 0.0907 e.